The molecule has 4 unspecified atom stereocenters. The van der Waals surface area contributed by atoms with Gasteiger partial charge in [-0.15, -0.1) is 0 Å². The molecule has 0 aliphatic carbocycles. The number of halogens is 1. The Morgan fingerprint density at radius 1 is 1.00 bits per heavy atom. The minimum atomic E-state index is -2.10. The predicted molar refractivity (Wildman–Crippen MR) is 116 cm³/mol. The molecular weight excluding hydrogens is 444 g/mol. The molecule has 2 aromatic rings. The lowest BCUT2D eigenvalue weighted by molar-refractivity contribution is -0.288. The summed E-state index contributed by atoms with van der Waals surface area (Å²) in [7, 11) is 2.93. The monoisotopic (exact) mass is 462 g/mol. The van der Waals surface area contributed by atoms with Crippen LogP contribution in [0.1, 0.15) is 24.2 Å². The number of hydrogen-bond acceptors (Lipinski definition) is 8. The molecule has 1 N–H and O–H groups in total. The number of rotatable bonds is 4. The minimum absolute atomic E-state index is 0.300. The number of nitrogens with one attached hydrogen (secondary N) is 1. The van der Waals surface area contributed by atoms with Gasteiger partial charge in [-0.1, -0.05) is 30.7 Å². The highest BCUT2D eigenvalue weighted by atomic mass is 35.5. The number of hydrogen-bond donors (Lipinski definition) is 1. The molecule has 2 fully saturated rings. The normalized spacial score (nSPS) is 29.2. The van der Waals surface area contributed by atoms with E-state index in [0.29, 0.717) is 27.6 Å². The third-order valence-corrected chi connectivity index (χ3v) is 6.89. The number of fused-ring (bicyclic) bond motifs is 2. The molecule has 166 valence electrons. The van der Waals surface area contributed by atoms with Crippen molar-refractivity contribution in [2.45, 2.75) is 18.8 Å². The molecule has 2 aliphatic heterocycles. The molecule has 2 bridgehead atoms. The molecule has 8 nitrogen and oxygen atoms in total. The van der Waals surface area contributed by atoms with Gasteiger partial charge in [0.1, 0.15) is 17.6 Å². The number of methoxy groups -OCH3 is 2. The lowest BCUT2D eigenvalue weighted by atomic mass is 9.53. The second kappa shape index (κ2) is 7.67. The summed E-state index contributed by atoms with van der Waals surface area (Å²) in [5.41, 5.74) is -3.16. The average Bonchev–Trinajstić information content (AvgIpc) is 3.00. The van der Waals surface area contributed by atoms with E-state index in [2.05, 4.69) is 6.07 Å². The number of ether oxygens (including phenoxy) is 4. The molecule has 2 aromatic carbocycles. The minimum Gasteiger partial charge on any atom is -0.497 e. The van der Waals surface area contributed by atoms with Crippen LogP contribution in [0.5, 0.6) is 11.5 Å². The van der Waals surface area contributed by atoms with Gasteiger partial charge in [-0.05, 0) is 24.3 Å². The number of nitriles is 3. The summed E-state index contributed by atoms with van der Waals surface area (Å²) in [6.45, 7) is 1.64. The fourth-order valence-corrected chi connectivity index (χ4v) is 4.99. The van der Waals surface area contributed by atoms with Gasteiger partial charge in [-0.25, -0.2) is 0 Å². The summed E-state index contributed by atoms with van der Waals surface area (Å²) in [4.78, 5) is 0. The van der Waals surface area contributed by atoms with Gasteiger partial charge in [0.25, 0.3) is 0 Å². The molecule has 2 saturated heterocycles. The first-order valence-electron chi connectivity index (χ1n) is 9.97. The van der Waals surface area contributed by atoms with Crippen LogP contribution >= 0.6 is 11.6 Å². The molecule has 33 heavy (non-hydrogen) atoms. The zero-order valence-electron chi connectivity index (χ0n) is 18.0. The van der Waals surface area contributed by atoms with Crippen LogP contribution in [0.2, 0.25) is 5.02 Å². The zero-order chi connectivity index (χ0) is 24.0. The van der Waals surface area contributed by atoms with E-state index in [1.807, 2.05) is 12.1 Å². The molecule has 4 rings (SSSR count). The highest BCUT2D eigenvalue weighted by Gasteiger charge is 2.80. The molecule has 0 saturated carbocycles. The van der Waals surface area contributed by atoms with Crippen LogP contribution in [-0.2, 0) is 15.3 Å². The molecule has 0 radical (unpaired) electrons. The third kappa shape index (κ3) is 2.67. The standard InChI is InChI=1S/C24H19ClN4O4/c1-14-23(13-28)21(29)33-24(14,15-4-6-16(25)7-5-15)32-20(22(23,11-26)12-27)18-9-8-17(30-2)10-19(18)31-3/h4-10,14,20,29H,1-3H3. The van der Waals surface area contributed by atoms with Gasteiger partial charge in [-0.3, -0.25) is 5.41 Å². The fourth-order valence-electron chi connectivity index (χ4n) is 4.86. The van der Waals surface area contributed by atoms with E-state index < -0.39 is 34.5 Å². The Morgan fingerprint density at radius 3 is 2.21 bits per heavy atom. The van der Waals surface area contributed by atoms with E-state index in [1.54, 1.807) is 49.4 Å². The largest absolute Gasteiger partial charge is 0.497 e. The second-order valence-corrected chi connectivity index (χ2v) is 8.32. The summed E-state index contributed by atoms with van der Waals surface area (Å²) in [5.74, 6) is -2.18. The van der Waals surface area contributed by atoms with Crippen LogP contribution < -0.4 is 9.47 Å². The quantitative estimate of drug-likeness (QED) is 0.708. The number of nitrogens with zero attached hydrogens (tertiary/aromatic N) is 3. The van der Waals surface area contributed by atoms with Gasteiger partial charge in [0, 0.05) is 22.2 Å². The van der Waals surface area contributed by atoms with Crippen molar-refractivity contribution in [3.63, 3.8) is 0 Å². The van der Waals surface area contributed by atoms with E-state index in [4.69, 9.17) is 36.0 Å². The number of benzene rings is 2. The Balaban J connectivity index is 2.05. The van der Waals surface area contributed by atoms with Crippen molar-refractivity contribution in [2.75, 3.05) is 14.2 Å². The van der Waals surface area contributed by atoms with Crippen molar-refractivity contribution in [3.8, 4) is 29.7 Å². The summed E-state index contributed by atoms with van der Waals surface area (Å²) >= 11 is 6.06. The Kier molecular flexibility index (Phi) is 5.21. The van der Waals surface area contributed by atoms with E-state index >= 15 is 0 Å². The maximum Gasteiger partial charge on any atom is 0.244 e. The van der Waals surface area contributed by atoms with Gasteiger partial charge >= 0.3 is 0 Å². The summed E-state index contributed by atoms with van der Waals surface area (Å²) < 4.78 is 23.2. The first kappa shape index (κ1) is 22.4. The molecular formula is C24H19ClN4O4. The van der Waals surface area contributed by atoms with E-state index in [-0.39, 0.29) is 0 Å². The van der Waals surface area contributed by atoms with Gasteiger partial charge in [0.05, 0.1) is 38.3 Å². The Labute approximate surface area is 195 Å². The zero-order valence-corrected chi connectivity index (χ0v) is 18.8. The van der Waals surface area contributed by atoms with Crippen LogP contribution in [0, 0.1) is 56.2 Å². The molecule has 0 amide bonds. The van der Waals surface area contributed by atoms with Crippen molar-refractivity contribution >= 4 is 17.5 Å². The lowest BCUT2D eigenvalue weighted by Gasteiger charge is -2.49. The van der Waals surface area contributed by atoms with Crippen LogP contribution in [0.15, 0.2) is 42.5 Å². The van der Waals surface area contributed by atoms with Gasteiger partial charge in [-0.2, -0.15) is 15.8 Å². The lowest BCUT2D eigenvalue weighted by Crippen LogP contribution is -2.57. The van der Waals surface area contributed by atoms with Gasteiger partial charge in [0.15, 0.2) is 5.41 Å². The highest BCUT2D eigenvalue weighted by molar-refractivity contribution is 6.30. The average molecular weight is 463 g/mol. The third-order valence-electron chi connectivity index (χ3n) is 6.64. The van der Waals surface area contributed by atoms with Crippen molar-refractivity contribution in [1.29, 1.82) is 21.2 Å². The van der Waals surface area contributed by atoms with Crippen LogP contribution in [0.25, 0.3) is 0 Å². The SMILES string of the molecule is COc1ccc(C2OC3(c4ccc(Cl)cc4)OC(=N)C(C#N)(C3C)C2(C#N)C#N)c(OC)c1. The first-order chi connectivity index (χ1) is 15.8. The topological polar surface area (TPSA) is 132 Å². The Morgan fingerprint density at radius 2 is 1.67 bits per heavy atom. The van der Waals surface area contributed by atoms with Crippen LogP contribution in [0.4, 0.5) is 0 Å². The van der Waals surface area contributed by atoms with Crippen molar-refractivity contribution in [2.24, 2.45) is 16.7 Å². The Hall–Kier alpha value is -3.77. The summed E-state index contributed by atoms with van der Waals surface area (Å²) in [6.07, 6.45) is -1.29. The van der Waals surface area contributed by atoms with E-state index in [9.17, 15) is 15.8 Å². The van der Waals surface area contributed by atoms with E-state index in [0.717, 1.165) is 0 Å². The first-order valence-corrected chi connectivity index (χ1v) is 10.4. The molecule has 0 aromatic heterocycles. The molecule has 9 heteroatoms. The molecule has 4 atom stereocenters. The Bertz CT molecular complexity index is 1250. The van der Waals surface area contributed by atoms with Gasteiger partial charge < -0.3 is 18.9 Å². The fraction of sp³-hybridized carbons (Fsp3) is 0.333. The summed E-state index contributed by atoms with van der Waals surface area (Å²) in [6, 6.07) is 17.6. The van der Waals surface area contributed by atoms with Crippen molar-refractivity contribution in [1.82, 2.24) is 0 Å². The maximum absolute atomic E-state index is 10.4. The summed E-state index contributed by atoms with van der Waals surface area (Å²) in [5, 5.41) is 40.2. The molecule has 2 aliphatic rings. The van der Waals surface area contributed by atoms with E-state index in [1.165, 1.54) is 14.2 Å². The maximum atomic E-state index is 10.4. The van der Waals surface area contributed by atoms with Crippen molar-refractivity contribution in [3.05, 3.63) is 58.6 Å². The van der Waals surface area contributed by atoms with Crippen LogP contribution in [-0.4, -0.2) is 20.1 Å². The van der Waals surface area contributed by atoms with Crippen LogP contribution in [0.3, 0.4) is 0 Å². The molecule has 0 spiro atoms. The second-order valence-electron chi connectivity index (χ2n) is 7.88. The van der Waals surface area contributed by atoms with Gasteiger partial charge in [0.2, 0.25) is 17.1 Å². The predicted octanol–water partition coefficient (Wildman–Crippen LogP) is 4.47. The smallest absolute Gasteiger partial charge is 0.244 e. The van der Waals surface area contributed by atoms with Crippen molar-refractivity contribution < 1.29 is 18.9 Å². The molecule has 2 heterocycles. The highest BCUT2D eigenvalue weighted by Crippen LogP contribution is 2.69.